The Kier molecular flexibility index (Phi) is 7.49. The number of rotatable bonds is 6. The number of benzene rings is 3. The van der Waals surface area contributed by atoms with E-state index < -0.39 is 35.4 Å². The van der Waals surface area contributed by atoms with Crippen molar-refractivity contribution in [3.8, 4) is 5.75 Å². The van der Waals surface area contributed by atoms with Gasteiger partial charge in [0.15, 0.2) is 6.61 Å². The molecule has 2 aliphatic carbocycles. The molecule has 0 radical (unpaired) electrons. The number of nitrogens with one attached hydrogen (secondary N) is 2. The second-order valence-corrected chi connectivity index (χ2v) is 15.1. The summed E-state index contributed by atoms with van der Waals surface area (Å²) in [4.78, 5) is 57.5. The number of thiazole rings is 1. The minimum absolute atomic E-state index is 0.0748. The Bertz CT molecular complexity index is 2030. The van der Waals surface area contributed by atoms with Crippen LogP contribution in [-0.2, 0) is 20.6 Å². The van der Waals surface area contributed by atoms with Crippen LogP contribution < -0.4 is 19.8 Å². The maximum Gasteiger partial charge on any atom is 0.416 e. The third-order valence-electron chi connectivity index (χ3n) is 9.87. The second-order valence-electron chi connectivity index (χ2n) is 12.4. The van der Waals surface area contributed by atoms with Gasteiger partial charge in [0, 0.05) is 26.8 Å². The lowest BCUT2D eigenvalue weighted by molar-refractivity contribution is -0.137. The van der Waals surface area contributed by atoms with Gasteiger partial charge in [-0.3, -0.25) is 24.1 Å². The number of alkyl halides is 3. The topological polar surface area (TPSA) is 109 Å². The van der Waals surface area contributed by atoms with Crippen molar-refractivity contribution in [2.75, 3.05) is 16.8 Å². The molecule has 8 rings (SSSR count). The first-order valence-corrected chi connectivity index (χ1v) is 17.3. The maximum atomic E-state index is 14.0. The number of amides is 3. The third kappa shape index (κ3) is 5.14. The zero-order valence-electron chi connectivity index (χ0n) is 24.7. The van der Waals surface area contributed by atoms with Gasteiger partial charge in [-0.25, -0.2) is 0 Å². The number of hydrogen-bond acceptors (Lipinski definition) is 7. The number of nitrogens with zero attached hydrogens (tertiary/aromatic N) is 1. The molecule has 2 saturated carbocycles. The van der Waals surface area contributed by atoms with Crippen molar-refractivity contribution in [3.63, 3.8) is 0 Å². The standard InChI is InChI=1S/C34H25ClF3N3O5S2/c35-17-7-9-18(10-8-17)39-23(42)14-46-20-6-1-3-15(11-20)24-25-21-13-22(28(25)47-30-29(24)48-33(45)40-30)27-26(21)31(43)41(32(27)44)19-5-2-4-16(12-19)34(36,37)38/h1-12,21-22,24-28H,13-14H2,(H,39,42)(H,40,45)/t21-,22-,24-,25?,26?,27?,28?/m1/s1. The monoisotopic (exact) mass is 711 g/mol. The van der Waals surface area contributed by atoms with E-state index in [2.05, 4.69) is 10.3 Å². The normalized spacial score (nSPS) is 27.1. The van der Waals surface area contributed by atoms with Gasteiger partial charge in [-0.1, -0.05) is 41.1 Å². The molecule has 2 N–H and O–H groups in total. The van der Waals surface area contributed by atoms with Crippen molar-refractivity contribution in [1.82, 2.24) is 4.98 Å². The van der Waals surface area contributed by atoms with Crippen LogP contribution in [0.1, 0.15) is 28.3 Å². The van der Waals surface area contributed by atoms with E-state index in [1.165, 1.54) is 23.9 Å². The Labute approximate surface area is 284 Å². The molecule has 48 heavy (non-hydrogen) atoms. The average molecular weight is 712 g/mol. The van der Waals surface area contributed by atoms with E-state index >= 15 is 0 Å². The van der Waals surface area contributed by atoms with Gasteiger partial charge in [0.05, 0.1) is 28.1 Å². The number of ether oxygens (including phenoxy) is 1. The fourth-order valence-corrected chi connectivity index (χ4v) is 11.2. The summed E-state index contributed by atoms with van der Waals surface area (Å²) >= 11 is 8.55. The highest BCUT2D eigenvalue weighted by Gasteiger charge is 2.69. The first-order valence-electron chi connectivity index (χ1n) is 15.2. The lowest BCUT2D eigenvalue weighted by atomic mass is 9.68. The third-order valence-corrected chi connectivity index (χ3v) is 12.7. The first kappa shape index (κ1) is 31.2. The van der Waals surface area contributed by atoms with Crippen LogP contribution >= 0.6 is 34.7 Å². The van der Waals surface area contributed by atoms with E-state index in [0.29, 0.717) is 22.9 Å². The summed E-state index contributed by atoms with van der Waals surface area (Å²) in [5.41, 5.74) is 0.411. The van der Waals surface area contributed by atoms with Gasteiger partial charge in [0.2, 0.25) is 11.8 Å². The number of anilines is 2. The van der Waals surface area contributed by atoms with Crippen LogP contribution in [0.2, 0.25) is 5.02 Å². The molecule has 4 unspecified atom stereocenters. The molecular weight excluding hydrogens is 687 g/mol. The predicted molar refractivity (Wildman–Crippen MR) is 174 cm³/mol. The molecule has 3 heterocycles. The number of thioether (sulfide) groups is 1. The number of aromatic amines is 1. The smallest absolute Gasteiger partial charge is 0.416 e. The average Bonchev–Trinajstić information content (AvgIpc) is 3.79. The highest BCUT2D eigenvalue weighted by Crippen LogP contribution is 2.68. The summed E-state index contributed by atoms with van der Waals surface area (Å²) in [5, 5.41) is 3.92. The molecule has 4 aliphatic rings. The minimum Gasteiger partial charge on any atom is -0.484 e. The van der Waals surface area contributed by atoms with Crippen LogP contribution in [0.3, 0.4) is 0 Å². The fourth-order valence-electron chi connectivity index (χ4n) is 8.14. The van der Waals surface area contributed by atoms with Crippen molar-refractivity contribution in [2.45, 2.75) is 28.8 Å². The predicted octanol–water partition coefficient (Wildman–Crippen LogP) is 6.80. The number of fused-ring (bicyclic) bond motifs is 9. The lowest BCUT2D eigenvalue weighted by Gasteiger charge is -2.43. The quantitative estimate of drug-likeness (QED) is 0.213. The number of imide groups is 1. The molecule has 8 nitrogen and oxygen atoms in total. The molecule has 4 aromatic rings. The molecule has 0 spiro atoms. The zero-order chi connectivity index (χ0) is 33.5. The number of hydrogen-bond donors (Lipinski definition) is 2. The summed E-state index contributed by atoms with van der Waals surface area (Å²) < 4.78 is 46.4. The van der Waals surface area contributed by atoms with Crippen molar-refractivity contribution in [2.24, 2.45) is 29.6 Å². The molecule has 3 fully saturated rings. The summed E-state index contributed by atoms with van der Waals surface area (Å²) in [6, 6.07) is 18.3. The molecule has 7 atom stereocenters. The van der Waals surface area contributed by atoms with E-state index in [0.717, 1.165) is 43.8 Å². The fraction of sp³-hybridized carbons (Fsp3) is 0.294. The van der Waals surface area contributed by atoms with Gasteiger partial charge >= 0.3 is 11.0 Å². The van der Waals surface area contributed by atoms with Gasteiger partial charge in [-0.2, -0.15) is 13.2 Å². The van der Waals surface area contributed by atoms with Crippen LogP contribution in [0, 0.1) is 29.6 Å². The van der Waals surface area contributed by atoms with Crippen molar-refractivity contribution in [3.05, 3.63) is 103 Å². The Morgan fingerprint density at radius 3 is 2.46 bits per heavy atom. The van der Waals surface area contributed by atoms with Crippen LogP contribution in [0.4, 0.5) is 24.5 Å². The number of H-pyrrole nitrogens is 1. The van der Waals surface area contributed by atoms with Crippen molar-refractivity contribution < 1.29 is 32.3 Å². The first-order chi connectivity index (χ1) is 23.0. The number of halogens is 4. The van der Waals surface area contributed by atoms with Gasteiger partial charge in [0.1, 0.15) is 5.75 Å². The SMILES string of the molecule is O=C(COc1cccc([C@H]2c3sc(=O)[nH]c3SC3C2[C@H]2C[C@@H]3C3C(=O)N(c4cccc(C(F)(F)F)c4)C(=O)C32)c1)Nc1ccc(Cl)cc1. The Hall–Kier alpha value is -4.07. The van der Waals surface area contributed by atoms with E-state index in [9.17, 15) is 32.3 Å². The second kappa shape index (κ2) is 11.5. The van der Waals surface area contributed by atoms with Gasteiger partial charge < -0.3 is 15.0 Å². The Morgan fingerprint density at radius 1 is 0.979 bits per heavy atom. The molecule has 246 valence electrons. The van der Waals surface area contributed by atoms with Gasteiger partial charge in [0.25, 0.3) is 5.91 Å². The Balaban J connectivity index is 1.08. The molecule has 1 saturated heterocycles. The van der Waals surface area contributed by atoms with E-state index in [-0.39, 0.29) is 52.0 Å². The molecule has 3 aromatic carbocycles. The van der Waals surface area contributed by atoms with E-state index in [4.69, 9.17) is 16.3 Å². The minimum atomic E-state index is -4.62. The highest BCUT2D eigenvalue weighted by molar-refractivity contribution is 8.00. The molecular formula is C34H25ClF3N3O5S2. The largest absolute Gasteiger partial charge is 0.484 e. The molecule has 2 aliphatic heterocycles. The summed E-state index contributed by atoms with van der Waals surface area (Å²) in [6.45, 7) is -0.252. The highest BCUT2D eigenvalue weighted by atomic mass is 35.5. The molecule has 14 heteroatoms. The van der Waals surface area contributed by atoms with Gasteiger partial charge in [-0.05, 0) is 84.3 Å². The number of carbonyl (C=O) groups excluding carboxylic acids is 3. The molecule has 3 amide bonds. The summed E-state index contributed by atoms with van der Waals surface area (Å²) in [6.07, 6.45) is -4.00. The van der Waals surface area contributed by atoms with Crippen LogP contribution in [0.5, 0.6) is 5.75 Å². The van der Waals surface area contributed by atoms with Crippen LogP contribution in [0.15, 0.2) is 82.6 Å². The summed E-state index contributed by atoms with van der Waals surface area (Å²) in [5.74, 6) is -3.03. The van der Waals surface area contributed by atoms with Crippen molar-refractivity contribution >= 4 is 63.8 Å². The Morgan fingerprint density at radius 2 is 1.71 bits per heavy atom. The lowest BCUT2D eigenvalue weighted by Crippen LogP contribution is -2.42. The van der Waals surface area contributed by atoms with Gasteiger partial charge in [-0.15, -0.1) is 11.8 Å². The molecule has 2 bridgehead atoms. The van der Waals surface area contributed by atoms with E-state index in [1.807, 2.05) is 18.2 Å². The summed E-state index contributed by atoms with van der Waals surface area (Å²) in [7, 11) is 0. The zero-order valence-corrected chi connectivity index (χ0v) is 27.1. The van der Waals surface area contributed by atoms with Crippen LogP contribution in [-0.4, -0.2) is 34.6 Å². The maximum absolute atomic E-state index is 14.0. The number of carbonyl (C=O) groups is 3. The van der Waals surface area contributed by atoms with Crippen LogP contribution in [0.25, 0.3) is 0 Å². The molecule has 1 aromatic heterocycles. The van der Waals surface area contributed by atoms with E-state index in [1.54, 1.807) is 30.3 Å². The number of aromatic nitrogens is 1. The van der Waals surface area contributed by atoms with Crippen molar-refractivity contribution in [1.29, 1.82) is 0 Å².